The van der Waals surface area contributed by atoms with Gasteiger partial charge in [-0.1, -0.05) is 31.9 Å². The highest BCUT2D eigenvalue weighted by Gasteiger charge is 2.18. The van der Waals surface area contributed by atoms with Crippen LogP contribution < -0.4 is 10.6 Å². The molecule has 0 aliphatic heterocycles. The van der Waals surface area contributed by atoms with Crippen molar-refractivity contribution in [1.82, 2.24) is 5.32 Å². The zero-order chi connectivity index (χ0) is 15.3. The monoisotopic (exact) mass is 310 g/mol. The van der Waals surface area contributed by atoms with E-state index >= 15 is 0 Å². The number of benzene rings is 1. The molecule has 1 saturated carbocycles. The van der Waals surface area contributed by atoms with E-state index < -0.39 is 9.84 Å². The number of hydrogen-bond acceptors (Lipinski definition) is 4. The van der Waals surface area contributed by atoms with E-state index in [9.17, 15) is 13.2 Å². The van der Waals surface area contributed by atoms with Gasteiger partial charge in [0, 0.05) is 6.04 Å². The first-order valence-corrected chi connectivity index (χ1v) is 9.03. The summed E-state index contributed by atoms with van der Waals surface area (Å²) in [5.74, 6) is -0.194. The van der Waals surface area contributed by atoms with Gasteiger partial charge in [0.2, 0.25) is 5.91 Å². The van der Waals surface area contributed by atoms with Crippen LogP contribution in [0.25, 0.3) is 0 Å². The number of amides is 1. The molecule has 0 radical (unpaired) electrons. The molecule has 1 aliphatic rings. The maximum atomic E-state index is 12.0. The van der Waals surface area contributed by atoms with E-state index in [1.54, 1.807) is 25.1 Å². The standard InChI is InChI=1S/C15H22N2O3S/c1-2-21(19,20)14-10-6-5-9-13(14)17-15(18)11-16-12-7-3-4-8-12/h5-6,9-10,12,16H,2-4,7-8,11H2,1H3,(H,17,18). The van der Waals surface area contributed by atoms with Crippen LogP contribution in [0.4, 0.5) is 5.69 Å². The summed E-state index contributed by atoms with van der Waals surface area (Å²) < 4.78 is 24.0. The largest absolute Gasteiger partial charge is 0.324 e. The average Bonchev–Trinajstić information content (AvgIpc) is 2.99. The number of para-hydroxylation sites is 1. The summed E-state index contributed by atoms with van der Waals surface area (Å²) in [7, 11) is -3.34. The smallest absolute Gasteiger partial charge is 0.238 e. The minimum Gasteiger partial charge on any atom is -0.324 e. The highest BCUT2D eigenvalue weighted by atomic mass is 32.2. The van der Waals surface area contributed by atoms with Crippen molar-refractivity contribution in [3.8, 4) is 0 Å². The van der Waals surface area contributed by atoms with Crippen molar-refractivity contribution in [2.75, 3.05) is 17.6 Å². The number of hydrogen-bond donors (Lipinski definition) is 2. The van der Waals surface area contributed by atoms with Crippen LogP contribution in [-0.4, -0.2) is 32.7 Å². The summed E-state index contributed by atoms with van der Waals surface area (Å²) in [5, 5.41) is 5.91. The highest BCUT2D eigenvalue weighted by Crippen LogP contribution is 2.22. The van der Waals surface area contributed by atoms with Gasteiger partial charge >= 0.3 is 0 Å². The van der Waals surface area contributed by atoms with Crippen molar-refractivity contribution in [1.29, 1.82) is 0 Å². The Kier molecular flexibility index (Phi) is 5.36. The van der Waals surface area contributed by atoms with Gasteiger partial charge in [-0.2, -0.15) is 0 Å². The molecule has 1 fully saturated rings. The minimum absolute atomic E-state index is 0.0141. The van der Waals surface area contributed by atoms with Crippen molar-refractivity contribution < 1.29 is 13.2 Å². The number of sulfone groups is 1. The first-order valence-electron chi connectivity index (χ1n) is 7.38. The fourth-order valence-electron chi connectivity index (χ4n) is 2.56. The maximum absolute atomic E-state index is 12.0. The van der Waals surface area contributed by atoms with Crippen LogP contribution in [-0.2, 0) is 14.6 Å². The molecule has 1 amide bonds. The van der Waals surface area contributed by atoms with E-state index in [1.807, 2.05) is 0 Å². The lowest BCUT2D eigenvalue weighted by molar-refractivity contribution is -0.115. The SMILES string of the molecule is CCS(=O)(=O)c1ccccc1NC(=O)CNC1CCCC1. The van der Waals surface area contributed by atoms with Crippen LogP contribution in [0.15, 0.2) is 29.2 Å². The topological polar surface area (TPSA) is 75.3 Å². The fourth-order valence-corrected chi connectivity index (χ4v) is 3.61. The zero-order valence-corrected chi connectivity index (χ0v) is 13.1. The van der Waals surface area contributed by atoms with E-state index in [-0.39, 0.29) is 23.1 Å². The minimum atomic E-state index is -3.34. The summed E-state index contributed by atoms with van der Waals surface area (Å²) in [4.78, 5) is 12.2. The number of anilines is 1. The Morgan fingerprint density at radius 3 is 2.57 bits per heavy atom. The maximum Gasteiger partial charge on any atom is 0.238 e. The zero-order valence-electron chi connectivity index (χ0n) is 12.3. The third-order valence-corrected chi connectivity index (χ3v) is 5.57. The lowest BCUT2D eigenvalue weighted by Gasteiger charge is -2.13. The van der Waals surface area contributed by atoms with Crippen LogP contribution in [0.1, 0.15) is 32.6 Å². The Labute approximate surface area is 126 Å². The van der Waals surface area contributed by atoms with Gasteiger partial charge in [0.1, 0.15) is 0 Å². The fraction of sp³-hybridized carbons (Fsp3) is 0.533. The normalized spacial score (nSPS) is 16.0. The summed E-state index contributed by atoms with van der Waals surface area (Å²) in [5.41, 5.74) is 0.359. The number of rotatable bonds is 6. The van der Waals surface area contributed by atoms with Gasteiger partial charge in [-0.25, -0.2) is 8.42 Å². The molecule has 1 aromatic rings. The molecular formula is C15H22N2O3S. The van der Waals surface area contributed by atoms with Crippen LogP contribution >= 0.6 is 0 Å². The molecule has 2 rings (SSSR count). The molecule has 2 N–H and O–H groups in total. The van der Waals surface area contributed by atoms with Crippen LogP contribution in [0.5, 0.6) is 0 Å². The highest BCUT2D eigenvalue weighted by molar-refractivity contribution is 7.91. The van der Waals surface area contributed by atoms with Crippen LogP contribution in [0, 0.1) is 0 Å². The Bertz CT molecular complexity index is 593. The van der Waals surface area contributed by atoms with Crippen molar-refractivity contribution in [2.24, 2.45) is 0 Å². The molecule has 1 aliphatic carbocycles. The lowest BCUT2D eigenvalue weighted by Crippen LogP contribution is -2.34. The molecule has 21 heavy (non-hydrogen) atoms. The molecule has 0 unspecified atom stereocenters. The van der Waals surface area contributed by atoms with E-state index in [1.165, 1.54) is 18.9 Å². The van der Waals surface area contributed by atoms with Crippen molar-refractivity contribution in [3.63, 3.8) is 0 Å². The van der Waals surface area contributed by atoms with Crippen molar-refractivity contribution in [2.45, 2.75) is 43.5 Å². The summed E-state index contributed by atoms with van der Waals surface area (Å²) in [6.07, 6.45) is 4.62. The van der Waals surface area contributed by atoms with E-state index in [4.69, 9.17) is 0 Å². The predicted molar refractivity (Wildman–Crippen MR) is 83.1 cm³/mol. The summed E-state index contributed by atoms with van der Waals surface area (Å²) >= 11 is 0. The Morgan fingerprint density at radius 2 is 1.90 bits per heavy atom. The third kappa shape index (κ3) is 4.28. The second-order valence-corrected chi connectivity index (χ2v) is 7.56. The van der Waals surface area contributed by atoms with Crippen LogP contribution in [0.2, 0.25) is 0 Å². The Morgan fingerprint density at radius 1 is 1.24 bits per heavy atom. The molecule has 0 atom stereocenters. The second-order valence-electron chi connectivity index (χ2n) is 5.31. The molecule has 5 nitrogen and oxygen atoms in total. The molecule has 0 aromatic heterocycles. The van der Waals surface area contributed by atoms with Crippen LogP contribution in [0.3, 0.4) is 0 Å². The van der Waals surface area contributed by atoms with E-state index in [0.29, 0.717) is 11.7 Å². The molecule has 0 saturated heterocycles. The van der Waals surface area contributed by atoms with Gasteiger partial charge in [0.05, 0.1) is 22.9 Å². The number of carbonyl (C=O) groups is 1. The van der Waals surface area contributed by atoms with Gasteiger partial charge in [-0.05, 0) is 25.0 Å². The van der Waals surface area contributed by atoms with Gasteiger partial charge in [-0.15, -0.1) is 0 Å². The lowest BCUT2D eigenvalue weighted by atomic mass is 10.2. The molecule has 0 spiro atoms. The quantitative estimate of drug-likeness (QED) is 0.842. The van der Waals surface area contributed by atoms with Gasteiger partial charge < -0.3 is 10.6 Å². The molecule has 116 valence electrons. The van der Waals surface area contributed by atoms with Gasteiger partial charge in [0.15, 0.2) is 9.84 Å². The predicted octanol–water partition coefficient (Wildman–Crippen LogP) is 1.95. The van der Waals surface area contributed by atoms with E-state index in [2.05, 4.69) is 10.6 Å². The van der Waals surface area contributed by atoms with Crippen molar-refractivity contribution in [3.05, 3.63) is 24.3 Å². The third-order valence-electron chi connectivity index (χ3n) is 3.78. The Hall–Kier alpha value is -1.40. The molecule has 1 aromatic carbocycles. The Balaban J connectivity index is 2.00. The van der Waals surface area contributed by atoms with Gasteiger partial charge in [0.25, 0.3) is 0 Å². The first-order chi connectivity index (χ1) is 10.0. The number of carbonyl (C=O) groups excluding carboxylic acids is 1. The molecular weight excluding hydrogens is 288 g/mol. The molecule has 0 bridgehead atoms. The molecule has 0 heterocycles. The van der Waals surface area contributed by atoms with Gasteiger partial charge in [-0.3, -0.25) is 4.79 Å². The summed E-state index contributed by atoms with van der Waals surface area (Å²) in [6.45, 7) is 1.81. The second kappa shape index (κ2) is 7.04. The van der Waals surface area contributed by atoms with E-state index in [0.717, 1.165) is 12.8 Å². The first kappa shape index (κ1) is 16.0. The molecule has 6 heteroatoms. The number of nitrogens with one attached hydrogen (secondary N) is 2. The summed E-state index contributed by atoms with van der Waals surface area (Å²) in [6, 6.07) is 6.93. The van der Waals surface area contributed by atoms with Crippen molar-refractivity contribution >= 4 is 21.4 Å². The average molecular weight is 310 g/mol.